The smallest absolute Gasteiger partial charge is 0.286 e. The summed E-state index contributed by atoms with van der Waals surface area (Å²) in [6.45, 7) is 1.32. The quantitative estimate of drug-likeness (QED) is 0.622. The number of para-hydroxylation sites is 1. The second kappa shape index (κ2) is 4.06. The third-order valence-electron chi connectivity index (χ3n) is 2.13. The van der Waals surface area contributed by atoms with Crippen molar-refractivity contribution in [1.82, 2.24) is 15.8 Å². The molecule has 1 aromatic heterocycles. The van der Waals surface area contributed by atoms with Gasteiger partial charge >= 0.3 is 0 Å². The Hall–Kier alpha value is -2.30. The molecule has 16 heavy (non-hydrogen) atoms. The SMILES string of the molecule is CC(=O)NNC(=O)c1cc2ccccc2[nH]1. The van der Waals surface area contributed by atoms with Crippen molar-refractivity contribution < 1.29 is 9.59 Å². The average molecular weight is 217 g/mol. The molecule has 1 aromatic carbocycles. The molecular formula is C11H11N3O2. The number of fused-ring (bicyclic) bond motifs is 1. The maximum atomic E-state index is 11.6. The normalized spacial score (nSPS) is 10.1. The predicted octanol–water partition coefficient (Wildman–Crippen LogP) is 0.949. The Labute approximate surface area is 91.8 Å². The fraction of sp³-hybridized carbons (Fsp3) is 0.0909. The summed E-state index contributed by atoms with van der Waals surface area (Å²) < 4.78 is 0. The summed E-state index contributed by atoms with van der Waals surface area (Å²) in [6, 6.07) is 9.29. The molecule has 5 heteroatoms. The van der Waals surface area contributed by atoms with Gasteiger partial charge in [-0.05, 0) is 12.1 Å². The largest absolute Gasteiger partial charge is 0.350 e. The summed E-state index contributed by atoms with van der Waals surface area (Å²) in [6.07, 6.45) is 0. The number of carbonyl (C=O) groups excluding carboxylic acids is 2. The van der Waals surface area contributed by atoms with Crippen LogP contribution in [-0.4, -0.2) is 16.8 Å². The Morgan fingerprint density at radius 3 is 2.62 bits per heavy atom. The van der Waals surface area contributed by atoms with Gasteiger partial charge < -0.3 is 4.98 Å². The number of H-pyrrole nitrogens is 1. The molecule has 2 aromatic rings. The molecule has 0 aliphatic heterocycles. The zero-order valence-electron chi connectivity index (χ0n) is 8.70. The molecular weight excluding hydrogens is 206 g/mol. The van der Waals surface area contributed by atoms with E-state index < -0.39 is 0 Å². The highest BCUT2D eigenvalue weighted by Crippen LogP contribution is 2.14. The number of rotatable bonds is 1. The van der Waals surface area contributed by atoms with Crippen LogP contribution >= 0.6 is 0 Å². The standard InChI is InChI=1S/C11H11N3O2/c1-7(15)13-14-11(16)10-6-8-4-2-3-5-9(8)12-10/h2-6,12H,1H3,(H,13,15)(H,14,16). The molecule has 1 heterocycles. The number of benzene rings is 1. The maximum absolute atomic E-state index is 11.6. The van der Waals surface area contributed by atoms with Gasteiger partial charge in [0.05, 0.1) is 0 Å². The van der Waals surface area contributed by atoms with Crippen molar-refractivity contribution in [2.75, 3.05) is 0 Å². The van der Waals surface area contributed by atoms with Crippen LogP contribution in [0.25, 0.3) is 10.9 Å². The number of nitrogens with one attached hydrogen (secondary N) is 3. The molecule has 0 atom stereocenters. The van der Waals surface area contributed by atoms with Crippen molar-refractivity contribution >= 4 is 22.7 Å². The van der Waals surface area contributed by atoms with Crippen LogP contribution < -0.4 is 10.9 Å². The van der Waals surface area contributed by atoms with E-state index >= 15 is 0 Å². The summed E-state index contributed by atoms with van der Waals surface area (Å²) in [7, 11) is 0. The van der Waals surface area contributed by atoms with Crippen LogP contribution in [0, 0.1) is 0 Å². The van der Waals surface area contributed by atoms with Crippen molar-refractivity contribution in [2.45, 2.75) is 6.92 Å². The van der Waals surface area contributed by atoms with Crippen LogP contribution in [-0.2, 0) is 4.79 Å². The summed E-state index contributed by atoms with van der Waals surface area (Å²) in [5.41, 5.74) is 5.82. The lowest BCUT2D eigenvalue weighted by atomic mass is 10.2. The minimum Gasteiger partial charge on any atom is -0.350 e. The van der Waals surface area contributed by atoms with Gasteiger partial charge in [-0.2, -0.15) is 0 Å². The highest BCUT2D eigenvalue weighted by atomic mass is 16.2. The number of carbonyl (C=O) groups is 2. The molecule has 2 amide bonds. The second-order valence-corrected chi connectivity index (χ2v) is 3.41. The monoisotopic (exact) mass is 217 g/mol. The fourth-order valence-corrected chi connectivity index (χ4v) is 1.41. The van der Waals surface area contributed by atoms with E-state index in [0.717, 1.165) is 10.9 Å². The summed E-state index contributed by atoms with van der Waals surface area (Å²) in [5.74, 6) is -0.684. The van der Waals surface area contributed by atoms with Gasteiger partial charge in [0.2, 0.25) is 5.91 Å². The predicted molar refractivity (Wildman–Crippen MR) is 59.6 cm³/mol. The van der Waals surface area contributed by atoms with E-state index in [4.69, 9.17) is 0 Å². The minimum absolute atomic E-state index is 0.315. The van der Waals surface area contributed by atoms with E-state index in [2.05, 4.69) is 15.8 Å². The van der Waals surface area contributed by atoms with Crippen molar-refractivity contribution in [3.05, 3.63) is 36.0 Å². The summed E-state index contributed by atoms with van der Waals surface area (Å²) >= 11 is 0. The number of aromatic nitrogens is 1. The van der Waals surface area contributed by atoms with Gasteiger partial charge in [-0.25, -0.2) is 0 Å². The summed E-state index contributed by atoms with van der Waals surface area (Å²) in [5, 5.41) is 0.954. The van der Waals surface area contributed by atoms with Crippen LogP contribution in [0.1, 0.15) is 17.4 Å². The topological polar surface area (TPSA) is 74.0 Å². The van der Waals surface area contributed by atoms with Crippen molar-refractivity contribution in [1.29, 1.82) is 0 Å². The highest BCUT2D eigenvalue weighted by Gasteiger charge is 2.08. The number of hydrazine groups is 1. The fourth-order valence-electron chi connectivity index (χ4n) is 1.41. The third kappa shape index (κ3) is 2.03. The van der Waals surface area contributed by atoms with Crippen LogP contribution in [0.2, 0.25) is 0 Å². The average Bonchev–Trinajstić information content (AvgIpc) is 2.69. The van der Waals surface area contributed by atoms with Crippen LogP contribution in [0.4, 0.5) is 0 Å². The lowest BCUT2D eigenvalue weighted by Crippen LogP contribution is -2.40. The van der Waals surface area contributed by atoms with E-state index in [-0.39, 0.29) is 11.8 Å². The van der Waals surface area contributed by atoms with E-state index in [1.54, 1.807) is 6.07 Å². The Kier molecular flexibility index (Phi) is 2.59. The van der Waals surface area contributed by atoms with Gasteiger partial charge in [-0.3, -0.25) is 20.4 Å². The number of amides is 2. The summed E-state index contributed by atoms with van der Waals surface area (Å²) in [4.78, 5) is 25.1. The third-order valence-corrected chi connectivity index (χ3v) is 2.13. The first kappa shape index (κ1) is 10.2. The zero-order chi connectivity index (χ0) is 11.5. The van der Waals surface area contributed by atoms with E-state index in [9.17, 15) is 9.59 Å². The van der Waals surface area contributed by atoms with Gasteiger partial charge in [0, 0.05) is 17.8 Å². The van der Waals surface area contributed by atoms with Crippen molar-refractivity contribution in [2.24, 2.45) is 0 Å². The first-order valence-corrected chi connectivity index (χ1v) is 4.81. The van der Waals surface area contributed by atoms with Gasteiger partial charge in [0.15, 0.2) is 0 Å². The van der Waals surface area contributed by atoms with E-state index in [1.807, 2.05) is 24.3 Å². The van der Waals surface area contributed by atoms with E-state index in [1.165, 1.54) is 6.92 Å². The first-order chi connectivity index (χ1) is 7.66. The molecule has 0 bridgehead atoms. The van der Waals surface area contributed by atoms with Gasteiger partial charge in [0.1, 0.15) is 5.69 Å². The molecule has 0 saturated heterocycles. The second-order valence-electron chi connectivity index (χ2n) is 3.41. The first-order valence-electron chi connectivity index (χ1n) is 4.81. The minimum atomic E-state index is -0.369. The zero-order valence-corrected chi connectivity index (χ0v) is 8.70. The molecule has 0 fully saturated rings. The maximum Gasteiger partial charge on any atom is 0.286 e. The lowest BCUT2D eigenvalue weighted by molar-refractivity contribution is -0.119. The Morgan fingerprint density at radius 1 is 1.19 bits per heavy atom. The molecule has 0 saturated carbocycles. The Morgan fingerprint density at radius 2 is 1.94 bits per heavy atom. The molecule has 2 rings (SSSR count). The van der Waals surface area contributed by atoms with Crippen molar-refractivity contribution in [3.8, 4) is 0 Å². The molecule has 3 N–H and O–H groups in total. The number of hydrogen-bond acceptors (Lipinski definition) is 2. The van der Waals surface area contributed by atoms with Gasteiger partial charge in [-0.1, -0.05) is 18.2 Å². The molecule has 82 valence electrons. The molecule has 0 radical (unpaired) electrons. The molecule has 0 spiro atoms. The Bertz CT molecular complexity index is 512. The Balaban J connectivity index is 2.20. The highest BCUT2D eigenvalue weighted by molar-refractivity contribution is 5.98. The van der Waals surface area contributed by atoms with Crippen LogP contribution in [0.3, 0.4) is 0 Å². The molecule has 0 aliphatic carbocycles. The number of hydrogen-bond donors (Lipinski definition) is 3. The van der Waals surface area contributed by atoms with Crippen LogP contribution in [0.5, 0.6) is 0 Å². The molecule has 5 nitrogen and oxygen atoms in total. The van der Waals surface area contributed by atoms with Gasteiger partial charge in [-0.15, -0.1) is 0 Å². The lowest BCUT2D eigenvalue weighted by Gasteiger charge is -2.02. The van der Waals surface area contributed by atoms with Gasteiger partial charge in [0.25, 0.3) is 5.91 Å². The van der Waals surface area contributed by atoms with E-state index in [0.29, 0.717) is 5.69 Å². The van der Waals surface area contributed by atoms with Crippen LogP contribution in [0.15, 0.2) is 30.3 Å². The molecule has 0 aliphatic rings. The number of aromatic amines is 1. The molecule has 0 unspecified atom stereocenters. The van der Waals surface area contributed by atoms with Crippen molar-refractivity contribution in [3.63, 3.8) is 0 Å².